The first kappa shape index (κ1) is 26.0. The number of methoxy groups -OCH3 is 2. The van der Waals surface area contributed by atoms with Crippen LogP contribution in [0.15, 0.2) is 87.1 Å². The van der Waals surface area contributed by atoms with Gasteiger partial charge in [0.05, 0.1) is 37.7 Å². The van der Waals surface area contributed by atoms with Gasteiger partial charge >= 0.3 is 11.6 Å². The van der Waals surface area contributed by atoms with E-state index in [1.807, 2.05) is 0 Å². The van der Waals surface area contributed by atoms with Crippen LogP contribution in [0.1, 0.15) is 11.1 Å². The smallest absolute Gasteiger partial charge is 0.312 e. The summed E-state index contributed by atoms with van der Waals surface area (Å²) < 4.78 is 16.2. The third kappa shape index (κ3) is 5.45. The number of aromatic hydroxyl groups is 2. The number of aliphatic imine (C=N–C) groups is 1. The molecular formula is C28H24N6O6. The maximum absolute atomic E-state index is 13.3. The molecule has 0 bridgehead atoms. The molecule has 1 atom stereocenters. The van der Waals surface area contributed by atoms with E-state index in [-0.39, 0.29) is 17.4 Å². The molecule has 202 valence electrons. The van der Waals surface area contributed by atoms with E-state index in [1.165, 1.54) is 45.0 Å². The summed E-state index contributed by atoms with van der Waals surface area (Å²) in [5.41, 5.74) is 4.97. The Morgan fingerprint density at radius 2 is 1.57 bits per heavy atom. The van der Waals surface area contributed by atoms with E-state index in [9.17, 15) is 15.0 Å². The second-order valence-electron chi connectivity index (χ2n) is 8.53. The van der Waals surface area contributed by atoms with Crippen LogP contribution in [0.2, 0.25) is 0 Å². The summed E-state index contributed by atoms with van der Waals surface area (Å²) >= 11 is 0. The van der Waals surface area contributed by atoms with Crippen molar-refractivity contribution in [1.82, 2.24) is 5.43 Å². The third-order valence-electron chi connectivity index (χ3n) is 5.91. The van der Waals surface area contributed by atoms with Crippen molar-refractivity contribution in [2.24, 2.45) is 20.2 Å². The summed E-state index contributed by atoms with van der Waals surface area (Å²) in [5, 5.41) is 29.4. The molecule has 0 saturated carbocycles. The first-order chi connectivity index (χ1) is 19.4. The summed E-state index contributed by atoms with van der Waals surface area (Å²) in [6, 6.07) is 14.6. The van der Waals surface area contributed by atoms with Gasteiger partial charge in [0, 0.05) is 34.7 Å². The zero-order valence-electron chi connectivity index (χ0n) is 21.4. The fourth-order valence-electron chi connectivity index (χ4n) is 3.78. The number of rotatable bonds is 9. The Bertz CT molecular complexity index is 1710. The van der Waals surface area contributed by atoms with Crippen LogP contribution in [-0.2, 0) is 9.53 Å². The molecule has 40 heavy (non-hydrogen) atoms. The van der Waals surface area contributed by atoms with Crippen molar-refractivity contribution in [2.45, 2.75) is 5.72 Å². The minimum Gasteiger partial charge on any atom is -0.507 e. The summed E-state index contributed by atoms with van der Waals surface area (Å²) in [6.45, 7) is 0. The summed E-state index contributed by atoms with van der Waals surface area (Å²) in [6.07, 6.45) is 7.43. The minimum atomic E-state index is -1.77. The van der Waals surface area contributed by atoms with Crippen molar-refractivity contribution in [3.05, 3.63) is 88.6 Å². The lowest BCUT2D eigenvalue weighted by atomic mass is 10.2. The number of hydrogen-bond donors (Lipinski definition) is 4. The van der Waals surface area contributed by atoms with E-state index < -0.39 is 11.6 Å². The van der Waals surface area contributed by atoms with Gasteiger partial charge < -0.3 is 24.4 Å². The highest BCUT2D eigenvalue weighted by atomic mass is 16.5. The second-order valence-corrected chi connectivity index (χ2v) is 8.53. The molecule has 1 unspecified atom stereocenters. The van der Waals surface area contributed by atoms with Crippen LogP contribution in [0.25, 0.3) is 6.08 Å². The van der Waals surface area contributed by atoms with Gasteiger partial charge in [0.2, 0.25) is 5.90 Å². The molecule has 12 nitrogen and oxygen atoms in total. The Morgan fingerprint density at radius 1 is 0.925 bits per heavy atom. The molecule has 0 aromatic heterocycles. The van der Waals surface area contributed by atoms with Gasteiger partial charge in [-0.2, -0.15) is 10.2 Å². The number of nitrogens with zero attached hydrogens (tertiary/aromatic N) is 4. The third-order valence-corrected chi connectivity index (χ3v) is 5.91. The highest BCUT2D eigenvalue weighted by Crippen LogP contribution is 2.23. The average Bonchev–Trinajstić information content (AvgIpc) is 3.32. The van der Waals surface area contributed by atoms with Crippen molar-refractivity contribution >= 4 is 36.0 Å². The number of carbonyl (C=O) groups is 1. The van der Waals surface area contributed by atoms with E-state index >= 15 is 0 Å². The van der Waals surface area contributed by atoms with E-state index in [0.29, 0.717) is 38.9 Å². The number of nitrogens with one attached hydrogen (secondary N) is 2. The molecule has 0 aliphatic carbocycles. The molecule has 5 rings (SSSR count). The van der Waals surface area contributed by atoms with Crippen LogP contribution in [-0.4, -0.2) is 54.4 Å². The van der Waals surface area contributed by atoms with Crippen molar-refractivity contribution < 1.29 is 29.2 Å². The van der Waals surface area contributed by atoms with Gasteiger partial charge in [-0.05, 0) is 54.6 Å². The Hall–Kier alpha value is -5.65. The molecule has 0 radical (unpaired) electrons. The van der Waals surface area contributed by atoms with Gasteiger partial charge in [-0.1, -0.05) is 0 Å². The molecule has 0 spiro atoms. The lowest BCUT2D eigenvalue weighted by Crippen LogP contribution is -2.45. The largest absolute Gasteiger partial charge is 0.507 e. The molecule has 3 aromatic rings. The van der Waals surface area contributed by atoms with E-state index in [2.05, 4.69) is 31.0 Å². The van der Waals surface area contributed by atoms with Gasteiger partial charge in [0.15, 0.2) is 0 Å². The number of benzene rings is 3. The highest BCUT2D eigenvalue weighted by Gasteiger charge is 2.42. The Kier molecular flexibility index (Phi) is 7.14. The zero-order valence-corrected chi connectivity index (χ0v) is 21.4. The predicted octanol–water partition coefficient (Wildman–Crippen LogP) is 1.76. The predicted molar refractivity (Wildman–Crippen MR) is 148 cm³/mol. The maximum atomic E-state index is 13.3. The molecule has 0 fully saturated rings. The SMILES string of the molecule is COc1ccc(O)c(C=NNC(=O)C2(OC3=NC=C3)C=c3cc(NN=Cc4cc(OC)ccc4O)ccc3=N2)c1. The van der Waals surface area contributed by atoms with Gasteiger partial charge in [-0.3, -0.25) is 10.2 Å². The van der Waals surface area contributed by atoms with Crippen LogP contribution in [0.4, 0.5) is 5.69 Å². The highest BCUT2D eigenvalue weighted by molar-refractivity contribution is 6.00. The van der Waals surface area contributed by atoms with Crippen molar-refractivity contribution in [1.29, 1.82) is 0 Å². The molecule has 2 heterocycles. The average molecular weight is 541 g/mol. The first-order valence-corrected chi connectivity index (χ1v) is 11.9. The number of fused-ring (bicyclic) bond motifs is 1. The quantitative estimate of drug-likeness (QED) is 0.238. The van der Waals surface area contributed by atoms with Gasteiger partial charge in [0.1, 0.15) is 23.0 Å². The number of ether oxygens (including phenoxy) is 3. The van der Waals surface area contributed by atoms with Crippen LogP contribution in [0.3, 0.4) is 0 Å². The number of carbonyl (C=O) groups excluding carboxylic acids is 1. The van der Waals surface area contributed by atoms with Crippen LogP contribution in [0.5, 0.6) is 23.0 Å². The number of phenolic OH excluding ortho intramolecular Hbond substituents is 2. The molecular weight excluding hydrogens is 516 g/mol. The van der Waals surface area contributed by atoms with Crippen molar-refractivity contribution in [3.8, 4) is 23.0 Å². The van der Waals surface area contributed by atoms with Gasteiger partial charge in [-0.25, -0.2) is 15.4 Å². The maximum Gasteiger partial charge on any atom is 0.312 e. The van der Waals surface area contributed by atoms with Crippen molar-refractivity contribution in [2.75, 3.05) is 19.6 Å². The summed E-state index contributed by atoms with van der Waals surface area (Å²) in [5.74, 6) is 0.678. The number of hydrazone groups is 2. The Labute approximate surface area is 228 Å². The van der Waals surface area contributed by atoms with Crippen LogP contribution < -0.4 is 30.9 Å². The van der Waals surface area contributed by atoms with E-state index in [1.54, 1.807) is 54.6 Å². The molecule has 4 N–H and O–H groups in total. The number of hydrogen-bond acceptors (Lipinski definition) is 11. The fourth-order valence-corrected chi connectivity index (χ4v) is 3.78. The van der Waals surface area contributed by atoms with E-state index in [0.717, 1.165) is 0 Å². The molecule has 2 aliphatic heterocycles. The number of amides is 1. The molecule has 1 amide bonds. The Balaban J connectivity index is 1.36. The summed E-state index contributed by atoms with van der Waals surface area (Å²) in [7, 11) is 3.04. The van der Waals surface area contributed by atoms with Gasteiger partial charge in [-0.15, -0.1) is 0 Å². The zero-order chi connectivity index (χ0) is 28.1. The normalized spacial score (nSPS) is 16.9. The monoisotopic (exact) mass is 540 g/mol. The molecule has 0 saturated heterocycles. The van der Waals surface area contributed by atoms with Gasteiger partial charge in [0.25, 0.3) is 0 Å². The lowest BCUT2D eigenvalue weighted by molar-refractivity contribution is -0.132. The molecule has 3 aromatic carbocycles. The number of anilines is 1. The lowest BCUT2D eigenvalue weighted by Gasteiger charge is -2.24. The molecule has 2 aliphatic rings. The first-order valence-electron chi connectivity index (χ1n) is 11.9. The molecule has 12 heteroatoms. The minimum absolute atomic E-state index is 0.0347. The van der Waals surface area contributed by atoms with Crippen LogP contribution >= 0.6 is 0 Å². The van der Waals surface area contributed by atoms with Crippen molar-refractivity contribution in [3.63, 3.8) is 0 Å². The Morgan fingerprint density at radius 3 is 2.17 bits per heavy atom. The second kappa shape index (κ2) is 11.0. The topological polar surface area (TPSA) is 159 Å². The summed E-state index contributed by atoms with van der Waals surface area (Å²) in [4.78, 5) is 21.8. The standard InChI is InChI=1S/C28H24N6O6/c1-38-21-4-7-24(35)18(12-21)15-30-33-20-3-6-23-17(11-20)14-28(32-23,40-26-9-10-29-26)27(37)34-31-16-19-13-22(39-2)5-8-25(19)36/h3-16,33,35-36H,1-2H3,(H,34,37). The van der Waals surface area contributed by atoms with E-state index in [4.69, 9.17) is 14.2 Å². The fraction of sp³-hybridized carbons (Fsp3) is 0.107. The number of phenols is 2. The van der Waals surface area contributed by atoms with Crippen LogP contribution in [0, 0.1) is 0 Å².